The zero-order valence-corrected chi connectivity index (χ0v) is 17.1. The van der Waals surface area contributed by atoms with Crippen molar-refractivity contribution in [1.82, 2.24) is 10.6 Å². The summed E-state index contributed by atoms with van der Waals surface area (Å²) in [7, 11) is 1.57. The number of amides is 2. The highest BCUT2D eigenvalue weighted by atomic mass is 19.1. The molecule has 2 aromatic rings. The molecule has 6 nitrogen and oxygen atoms in total. The molecule has 0 bridgehead atoms. The molecular formula is C22H27FN2O4. The van der Waals surface area contributed by atoms with Crippen molar-refractivity contribution in [2.75, 3.05) is 20.3 Å². The van der Waals surface area contributed by atoms with Gasteiger partial charge in [-0.15, -0.1) is 0 Å². The van der Waals surface area contributed by atoms with Gasteiger partial charge in [-0.3, -0.25) is 9.59 Å². The second-order valence-corrected chi connectivity index (χ2v) is 7.09. The van der Waals surface area contributed by atoms with Crippen LogP contribution in [-0.4, -0.2) is 32.1 Å². The highest BCUT2D eigenvalue weighted by Gasteiger charge is 2.14. The molecule has 2 rings (SSSR count). The first-order valence-electron chi connectivity index (χ1n) is 9.44. The van der Waals surface area contributed by atoms with Crippen LogP contribution >= 0.6 is 0 Å². The molecule has 0 aromatic heterocycles. The fourth-order valence-electron chi connectivity index (χ4n) is 2.57. The van der Waals surface area contributed by atoms with Crippen LogP contribution in [0.4, 0.5) is 4.39 Å². The van der Waals surface area contributed by atoms with Gasteiger partial charge in [0.1, 0.15) is 5.82 Å². The molecule has 1 atom stereocenters. The number of ether oxygens (including phenoxy) is 2. The molecule has 0 aliphatic carbocycles. The van der Waals surface area contributed by atoms with E-state index < -0.39 is 11.7 Å². The van der Waals surface area contributed by atoms with E-state index in [9.17, 15) is 14.0 Å². The third-order valence-electron chi connectivity index (χ3n) is 4.15. The number of nitrogens with one attached hydrogen (secondary N) is 2. The van der Waals surface area contributed by atoms with Gasteiger partial charge in [0, 0.05) is 5.56 Å². The normalized spacial score (nSPS) is 11.7. The molecule has 0 heterocycles. The fourth-order valence-corrected chi connectivity index (χ4v) is 2.57. The number of halogens is 1. The maximum absolute atomic E-state index is 12.9. The summed E-state index contributed by atoms with van der Waals surface area (Å²) in [6.07, 6.45) is 0. The molecule has 2 aromatic carbocycles. The maximum Gasteiger partial charge on any atom is 0.251 e. The highest BCUT2D eigenvalue weighted by Crippen LogP contribution is 2.30. The smallest absolute Gasteiger partial charge is 0.251 e. The van der Waals surface area contributed by atoms with E-state index in [4.69, 9.17) is 9.47 Å². The number of carbonyl (C=O) groups is 2. The maximum atomic E-state index is 12.9. The van der Waals surface area contributed by atoms with Gasteiger partial charge in [0.15, 0.2) is 11.5 Å². The summed E-state index contributed by atoms with van der Waals surface area (Å²) >= 11 is 0. The van der Waals surface area contributed by atoms with E-state index in [1.165, 1.54) is 24.3 Å². The lowest BCUT2D eigenvalue weighted by Crippen LogP contribution is -2.38. The Morgan fingerprint density at radius 2 is 1.72 bits per heavy atom. The molecule has 7 heteroatoms. The van der Waals surface area contributed by atoms with Crippen LogP contribution in [0.25, 0.3) is 0 Å². The zero-order chi connectivity index (χ0) is 21.4. The van der Waals surface area contributed by atoms with Crippen molar-refractivity contribution < 1.29 is 23.5 Å². The monoisotopic (exact) mass is 402 g/mol. The molecule has 29 heavy (non-hydrogen) atoms. The third-order valence-corrected chi connectivity index (χ3v) is 4.15. The molecule has 2 N–H and O–H groups in total. The van der Waals surface area contributed by atoms with E-state index in [-0.39, 0.29) is 24.1 Å². The average Bonchev–Trinajstić information content (AvgIpc) is 2.70. The molecule has 1 unspecified atom stereocenters. The predicted octanol–water partition coefficient (Wildman–Crippen LogP) is 3.48. The Kier molecular flexibility index (Phi) is 8.00. The molecule has 2 amide bonds. The van der Waals surface area contributed by atoms with Crippen LogP contribution in [0.1, 0.15) is 42.7 Å². The number of methoxy groups -OCH3 is 1. The van der Waals surface area contributed by atoms with Crippen molar-refractivity contribution in [3.63, 3.8) is 0 Å². The lowest BCUT2D eigenvalue weighted by atomic mass is 10.1. The van der Waals surface area contributed by atoms with Gasteiger partial charge >= 0.3 is 0 Å². The first-order valence-corrected chi connectivity index (χ1v) is 9.44. The number of hydrogen-bond donors (Lipinski definition) is 2. The van der Waals surface area contributed by atoms with Crippen molar-refractivity contribution in [2.45, 2.75) is 26.8 Å². The third kappa shape index (κ3) is 6.78. The number of hydrogen-bond acceptors (Lipinski definition) is 4. The van der Waals surface area contributed by atoms with Gasteiger partial charge in [0.25, 0.3) is 5.91 Å². The summed E-state index contributed by atoms with van der Waals surface area (Å²) in [5.74, 6) is 0.420. The summed E-state index contributed by atoms with van der Waals surface area (Å²) in [6.45, 7) is 6.35. The van der Waals surface area contributed by atoms with Crippen molar-refractivity contribution >= 4 is 11.8 Å². The van der Waals surface area contributed by atoms with E-state index >= 15 is 0 Å². The van der Waals surface area contributed by atoms with Crippen LogP contribution in [0, 0.1) is 11.7 Å². The van der Waals surface area contributed by atoms with Gasteiger partial charge in [0.2, 0.25) is 5.91 Å². The van der Waals surface area contributed by atoms with Crippen LogP contribution in [-0.2, 0) is 4.79 Å². The molecule has 0 fully saturated rings. The largest absolute Gasteiger partial charge is 0.493 e. The van der Waals surface area contributed by atoms with Gasteiger partial charge < -0.3 is 20.1 Å². The summed E-state index contributed by atoms with van der Waals surface area (Å²) in [6, 6.07) is 10.3. The molecule has 0 saturated carbocycles. The molecule has 0 saturated heterocycles. The van der Waals surface area contributed by atoms with E-state index in [1.807, 2.05) is 25.1 Å². The van der Waals surface area contributed by atoms with Crippen molar-refractivity contribution in [2.24, 2.45) is 5.92 Å². The van der Waals surface area contributed by atoms with Crippen molar-refractivity contribution in [3.8, 4) is 11.5 Å². The van der Waals surface area contributed by atoms with Gasteiger partial charge in [-0.2, -0.15) is 0 Å². The lowest BCUT2D eigenvalue weighted by Gasteiger charge is -2.18. The second kappa shape index (κ2) is 10.5. The summed E-state index contributed by atoms with van der Waals surface area (Å²) in [5.41, 5.74) is 1.13. The minimum Gasteiger partial charge on any atom is -0.493 e. The molecule has 0 aliphatic rings. The summed E-state index contributed by atoms with van der Waals surface area (Å²) in [5, 5.41) is 5.34. The van der Waals surface area contributed by atoms with Crippen LogP contribution in [0.2, 0.25) is 0 Å². The standard InChI is InChI=1S/C22H27FN2O4/c1-14(2)13-29-19-10-7-17(11-20(19)28-4)15(3)25-21(26)12-24-22(27)16-5-8-18(23)9-6-16/h5-11,14-15H,12-13H2,1-4H3,(H,24,27)(H,25,26). The van der Waals surface area contributed by atoms with Crippen molar-refractivity contribution in [1.29, 1.82) is 0 Å². The van der Waals surface area contributed by atoms with Crippen LogP contribution in [0.3, 0.4) is 0 Å². The highest BCUT2D eigenvalue weighted by molar-refractivity contribution is 5.96. The predicted molar refractivity (Wildman–Crippen MR) is 109 cm³/mol. The number of benzene rings is 2. The van der Waals surface area contributed by atoms with E-state index in [0.29, 0.717) is 24.0 Å². The first-order chi connectivity index (χ1) is 13.8. The Bertz CT molecular complexity index is 837. The van der Waals surface area contributed by atoms with Gasteiger partial charge in [0.05, 0.1) is 26.3 Å². The molecule has 156 valence electrons. The Labute approximate surface area is 170 Å². The minimum absolute atomic E-state index is 0.187. The summed E-state index contributed by atoms with van der Waals surface area (Å²) in [4.78, 5) is 24.2. The van der Waals surface area contributed by atoms with E-state index in [2.05, 4.69) is 24.5 Å². The molecule has 0 radical (unpaired) electrons. The molecule has 0 aliphatic heterocycles. The van der Waals surface area contributed by atoms with Crippen molar-refractivity contribution in [3.05, 3.63) is 59.4 Å². The van der Waals surface area contributed by atoms with Gasteiger partial charge in [-0.25, -0.2) is 4.39 Å². The van der Waals surface area contributed by atoms with Gasteiger partial charge in [-0.05, 0) is 54.8 Å². The van der Waals surface area contributed by atoms with Crippen LogP contribution in [0.15, 0.2) is 42.5 Å². The Morgan fingerprint density at radius 1 is 1.03 bits per heavy atom. The molecular weight excluding hydrogens is 375 g/mol. The van der Waals surface area contributed by atoms with Crippen LogP contribution in [0.5, 0.6) is 11.5 Å². The Hall–Kier alpha value is -3.09. The van der Waals surface area contributed by atoms with E-state index in [0.717, 1.165) is 5.56 Å². The zero-order valence-electron chi connectivity index (χ0n) is 17.1. The lowest BCUT2D eigenvalue weighted by molar-refractivity contribution is -0.120. The molecule has 0 spiro atoms. The average molecular weight is 402 g/mol. The Morgan fingerprint density at radius 3 is 2.34 bits per heavy atom. The fraction of sp³-hybridized carbons (Fsp3) is 0.364. The topological polar surface area (TPSA) is 76.7 Å². The first kappa shape index (κ1) is 22.2. The van der Waals surface area contributed by atoms with Crippen LogP contribution < -0.4 is 20.1 Å². The summed E-state index contributed by atoms with van der Waals surface area (Å²) < 4.78 is 24.0. The Balaban J connectivity index is 1.91. The van der Waals surface area contributed by atoms with E-state index in [1.54, 1.807) is 7.11 Å². The number of rotatable bonds is 9. The number of carbonyl (C=O) groups excluding carboxylic acids is 2. The van der Waals surface area contributed by atoms with Gasteiger partial charge in [-0.1, -0.05) is 19.9 Å². The minimum atomic E-state index is -0.443. The quantitative estimate of drug-likeness (QED) is 0.673. The SMILES string of the molecule is COc1cc(C(C)NC(=O)CNC(=O)c2ccc(F)cc2)ccc1OCC(C)C. The second-order valence-electron chi connectivity index (χ2n) is 7.09.